The molecule has 52 heavy (non-hydrogen) atoms. The van der Waals surface area contributed by atoms with Gasteiger partial charge in [-0.3, -0.25) is 4.57 Å². The number of hydrogen-bond donors (Lipinski definition) is 1. The first-order valence-corrected chi connectivity index (χ1v) is 18.1. The molecule has 246 valence electrons. The average molecular weight is 667 g/mol. The topological polar surface area (TPSA) is 34.2 Å². The van der Waals surface area contributed by atoms with Crippen LogP contribution in [0.2, 0.25) is 0 Å². The third-order valence-electron chi connectivity index (χ3n) is 11.1. The summed E-state index contributed by atoms with van der Waals surface area (Å²) in [5.74, 6) is 1.33. The molecule has 3 heterocycles. The van der Waals surface area contributed by atoms with Crippen molar-refractivity contribution in [3.05, 3.63) is 187 Å². The first kappa shape index (κ1) is 29.1. The quantitative estimate of drug-likeness (QED) is 0.200. The number of aliphatic imine (C=N–C) groups is 1. The molecule has 1 aliphatic carbocycles. The zero-order valence-corrected chi connectivity index (χ0v) is 28.4. The summed E-state index contributed by atoms with van der Waals surface area (Å²) in [6.07, 6.45) is 8.04. The molecule has 2 aliphatic rings. The van der Waals surface area contributed by atoms with Gasteiger partial charge in [0.05, 0.1) is 33.4 Å². The second-order valence-electron chi connectivity index (χ2n) is 14.0. The van der Waals surface area contributed by atoms with Crippen molar-refractivity contribution < 1.29 is 0 Å². The number of hydrogen-bond acceptors (Lipinski definition) is 2. The lowest BCUT2D eigenvalue weighted by Crippen LogP contribution is -2.38. The van der Waals surface area contributed by atoms with Crippen LogP contribution in [0.3, 0.4) is 0 Å². The molecule has 2 unspecified atom stereocenters. The van der Waals surface area contributed by atoms with E-state index in [0.29, 0.717) is 5.92 Å². The van der Waals surface area contributed by atoms with Gasteiger partial charge in [-0.05, 0) is 76.9 Å². The minimum Gasteiger partial charge on any atom is -0.370 e. The van der Waals surface area contributed by atoms with E-state index in [9.17, 15) is 0 Å². The minimum absolute atomic E-state index is 0.149. The first-order valence-electron chi connectivity index (χ1n) is 18.1. The number of nitrogens with one attached hydrogen (secondary N) is 1. The molecule has 0 bridgehead atoms. The highest BCUT2D eigenvalue weighted by Gasteiger charge is 2.31. The van der Waals surface area contributed by atoms with Crippen molar-refractivity contribution in [2.75, 3.05) is 5.32 Å². The third-order valence-corrected chi connectivity index (χ3v) is 11.1. The molecule has 0 saturated carbocycles. The Kier molecular flexibility index (Phi) is 6.41. The Bertz CT molecular complexity index is 2960. The molecule has 11 rings (SSSR count). The fraction of sp³-hybridized carbons (Fsp3) is 0.0625. The van der Waals surface area contributed by atoms with Crippen molar-refractivity contribution in [1.29, 1.82) is 0 Å². The molecule has 2 aromatic heterocycles. The second-order valence-corrected chi connectivity index (χ2v) is 14.0. The number of fused-ring (bicyclic) bond motifs is 9. The van der Waals surface area contributed by atoms with Crippen LogP contribution >= 0.6 is 0 Å². The van der Waals surface area contributed by atoms with Gasteiger partial charge in [0.1, 0.15) is 11.9 Å². The van der Waals surface area contributed by atoms with Crippen LogP contribution in [-0.2, 0) is 0 Å². The molecule has 9 aromatic rings. The van der Waals surface area contributed by atoms with Crippen molar-refractivity contribution in [2.45, 2.75) is 18.4 Å². The van der Waals surface area contributed by atoms with Crippen molar-refractivity contribution in [2.24, 2.45) is 4.99 Å². The molecule has 2 atom stereocenters. The highest BCUT2D eigenvalue weighted by Crippen LogP contribution is 2.43. The number of aromatic nitrogens is 2. The van der Waals surface area contributed by atoms with E-state index in [0.717, 1.165) is 40.4 Å². The summed E-state index contributed by atoms with van der Waals surface area (Å²) in [4.78, 5) is 5.54. The monoisotopic (exact) mass is 666 g/mol. The molecule has 1 aliphatic heterocycles. The molecular weight excluding hydrogens is 633 g/mol. The molecule has 0 amide bonds. The van der Waals surface area contributed by atoms with Crippen LogP contribution in [0.15, 0.2) is 187 Å². The van der Waals surface area contributed by atoms with E-state index in [-0.39, 0.29) is 6.04 Å². The van der Waals surface area contributed by atoms with Gasteiger partial charge in [-0.25, -0.2) is 4.99 Å². The van der Waals surface area contributed by atoms with Crippen molar-refractivity contribution >= 4 is 71.6 Å². The van der Waals surface area contributed by atoms with Crippen LogP contribution in [-0.4, -0.2) is 21.0 Å². The largest absolute Gasteiger partial charge is 0.370 e. The van der Waals surface area contributed by atoms with Crippen LogP contribution in [0.1, 0.15) is 17.9 Å². The number of rotatable bonds is 3. The Balaban J connectivity index is 1.21. The summed E-state index contributed by atoms with van der Waals surface area (Å²) < 4.78 is 4.85. The molecule has 4 heteroatoms. The number of benzene rings is 7. The van der Waals surface area contributed by atoms with E-state index in [1.54, 1.807) is 0 Å². The van der Waals surface area contributed by atoms with Gasteiger partial charge in [-0.2, -0.15) is 0 Å². The number of para-hydroxylation sites is 4. The number of anilines is 1. The zero-order valence-electron chi connectivity index (χ0n) is 28.4. The Hall–Kier alpha value is -6.65. The van der Waals surface area contributed by atoms with Crippen molar-refractivity contribution in [3.63, 3.8) is 0 Å². The lowest BCUT2D eigenvalue weighted by atomic mass is 9.87. The fourth-order valence-electron chi connectivity index (χ4n) is 8.66. The molecule has 0 saturated heterocycles. The Morgan fingerprint density at radius 3 is 2.13 bits per heavy atom. The maximum atomic E-state index is 5.54. The van der Waals surface area contributed by atoms with Gasteiger partial charge in [0.25, 0.3) is 0 Å². The highest BCUT2D eigenvalue weighted by atomic mass is 15.2. The molecule has 0 radical (unpaired) electrons. The zero-order chi connectivity index (χ0) is 34.2. The predicted octanol–water partition coefficient (Wildman–Crippen LogP) is 12.1. The van der Waals surface area contributed by atoms with Crippen LogP contribution < -0.4 is 5.32 Å². The Morgan fingerprint density at radius 2 is 1.29 bits per heavy atom. The summed E-state index contributed by atoms with van der Waals surface area (Å²) in [5.41, 5.74) is 10.4. The summed E-state index contributed by atoms with van der Waals surface area (Å²) >= 11 is 0. The maximum absolute atomic E-state index is 5.54. The van der Waals surface area contributed by atoms with Crippen molar-refractivity contribution in [1.82, 2.24) is 9.13 Å². The third kappa shape index (κ3) is 4.37. The van der Waals surface area contributed by atoms with E-state index in [4.69, 9.17) is 4.99 Å². The second kappa shape index (κ2) is 11.4. The molecule has 0 spiro atoms. The summed E-state index contributed by atoms with van der Waals surface area (Å²) in [6, 6.07) is 56.8. The predicted molar refractivity (Wildman–Crippen MR) is 219 cm³/mol. The SMILES string of the molecule is C1=CC(c2ccccc2)CC=C1C1Nc2ccccc2N=C1n1c2cc3c(cc2c2c4ccccc4ccc21)c1ccccc1n3-c1ccccc1. The van der Waals surface area contributed by atoms with Crippen LogP contribution in [0.5, 0.6) is 0 Å². The lowest BCUT2D eigenvalue weighted by molar-refractivity contribution is 0.832. The average Bonchev–Trinajstić information content (AvgIpc) is 3.72. The summed E-state index contributed by atoms with van der Waals surface area (Å²) in [7, 11) is 0. The van der Waals surface area contributed by atoms with E-state index < -0.39 is 0 Å². The smallest absolute Gasteiger partial charge is 0.141 e. The van der Waals surface area contributed by atoms with Gasteiger partial charge in [0.15, 0.2) is 0 Å². The van der Waals surface area contributed by atoms with Gasteiger partial charge >= 0.3 is 0 Å². The lowest BCUT2D eigenvalue weighted by Gasteiger charge is -2.31. The molecule has 7 aromatic carbocycles. The van der Waals surface area contributed by atoms with E-state index in [2.05, 4.69) is 190 Å². The number of allylic oxidation sites excluding steroid dienone is 2. The van der Waals surface area contributed by atoms with Crippen LogP contribution in [0.4, 0.5) is 11.4 Å². The molecule has 0 fully saturated rings. The van der Waals surface area contributed by atoms with Crippen LogP contribution in [0.25, 0.3) is 60.1 Å². The van der Waals surface area contributed by atoms with E-state index in [1.165, 1.54) is 54.5 Å². The standard InChI is InChI=1S/C48H34N4/c1-3-13-31(14-4-1)32-23-25-34(26-24-32)47-48(50-41-21-11-10-20-40(41)49-47)52-43-28-27-33-15-7-8-18-36(33)46(43)39-29-38-37-19-9-12-22-42(37)51(44(38)30-45(39)52)35-16-5-2-6-17-35/h1-23,25-30,32,47,49H,24H2. The Labute approximate surface area is 301 Å². The van der Waals surface area contributed by atoms with E-state index in [1.807, 2.05) is 0 Å². The van der Waals surface area contributed by atoms with Gasteiger partial charge in [-0.15, -0.1) is 0 Å². The maximum Gasteiger partial charge on any atom is 0.141 e. The fourth-order valence-corrected chi connectivity index (χ4v) is 8.66. The van der Waals surface area contributed by atoms with E-state index >= 15 is 0 Å². The van der Waals surface area contributed by atoms with Gasteiger partial charge in [0.2, 0.25) is 0 Å². The Morgan fingerprint density at radius 1 is 0.558 bits per heavy atom. The molecule has 1 N–H and O–H groups in total. The minimum atomic E-state index is -0.149. The van der Waals surface area contributed by atoms with Crippen LogP contribution in [0, 0.1) is 0 Å². The normalized spacial score (nSPS) is 17.1. The summed E-state index contributed by atoms with van der Waals surface area (Å²) in [6.45, 7) is 0. The summed E-state index contributed by atoms with van der Waals surface area (Å²) in [5, 5.41) is 11.4. The first-order chi connectivity index (χ1) is 25.8. The van der Waals surface area contributed by atoms with Gasteiger partial charge in [-0.1, -0.05) is 127 Å². The van der Waals surface area contributed by atoms with Crippen molar-refractivity contribution in [3.8, 4) is 5.69 Å². The highest BCUT2D eigenvalue weighted by molar-refractivity contribution is 6.28. The molecular formula is C48H34N4. The van der Waals surface area contributed by atoms with Gasteiger partial charge in [0, 0.05) is 33.2 Å². The number of nitrogens with zero attached hydrogens (tertiary/aromatic N) is 3. The van der Waals surface area contributed by atoms with Gasteiger partial charge < -0.3 is 9.88 Å². The molecule has 4 nitrogen and oxygen atoms in total.